The van der Waals surface area contributed by atoms with Gasteiger partial charge in [0.25, 0.3) is 0 Å². The second kappa shape index (κ2) is 5.60. The largest absolute Gasteiger partial charge is 0.442 e. The van der Waals surface area contributed by atoms with E-state index >= 15 is 0 Å². The fourth-order valence-corrected chi connectivity index (χ4v) is 1.77. The van der Waals surface area contributed by atoms with Crippen molar-refractivity contribution in [2.24, 2.45) is 0 Å². The highest BCUT2D eigenvalue weighted by Gasteiger charge is 2.29. The van der Waals surface area contributed by atoms with Crippen LogP contribution in [0.15, 0.2) is 0 Å². The zero-order valence-corrected chi connectivity index (χ0v) is 8.88. The Bertz CT molecular complexity index is 216. The smallest absolute Gasteiger partial charge is 0.351 e. The number of nitrogens with one attached hydrogen (secondary N) is 2. The molecule has 0 aliphatic carbocycles. The topological polar surface area (TPSA) is 41.1 Å². The average Bonchev–Trinajstić information content (AvgIpc) is 2.15. The number of carbonyl (C=O) groups excluding carboxylic acids is 1. The molecule has 1 fully saturated rings. The summed E-state index contributed by atoms with van der Waals surface area (Å²) in [4.78, 5) is 11.1. The molecule has 3 nitrogen and oxygen atoms in total. The van der Waals surface area contributed by atoms with Gasteiger partial charge in [0.15, 0.2) is 0 Å². The highest BCUT2D eigenvalue weighted by molar-refractivity contribution is 8.00. The van der Waals surface area contributed by atoms with Crippen LogP contribution in [0.4, 0.5) is 13.2 Å². The van der Waals surface area contributed by atoms with Gasteiger partial charge in [-0.2, -0.15) is 13.2 Å². The van der Waals surface area contributed by atoms with Gasteiger partial charge >= 0.3 is 5.51 Å². The van der Waals surface area contributed by atoms with Crippen molar-refractivity contribution in [1.29, 1.82) is 0 Å². The quantitative estimate of drug-likeness (QED) is 0.779. The number of rotatable bonds is 3. The molecule has 88 valence electrons. The molecule has 1 amide bonds. The number of piperidine rings is 1. The van der Waals surface area contributed by atoms with Crippen LogP contribution >= 0.6 is 11.8 Å². The van der Waals surface area contributed by atoms with Gasteiger partial charge in [-0.3, -0.25) is 4.79 Å². The van der Waals surface area contributed by atoms with E-state index in [2.05, 4.69) is 10.6 Å². The Morgan fingerprint density at radius 3 is 2.80 bits per heavy atom. The molecular formula is C8H13F3N2OS. The average molecular weight is 242 g/mol. The molecule has 1 atom stereocenters. The van der Waals surface area contributed by atoms with E-state index in [0.29, 0.717) is 6.54 Å². The van der Waals surface area contributed by atoms with Crippen molar-refractivity contribution >= 4 is 17.7 Å². The lowest BCUT2D eigenvalue weighted by Crippen LogP contribution is -2.46. The maximum absolute atomic E-state index is 11.8. The van der Waals surface area contributed by atoms with Crippen molar-refractivity contribution < 1.29 is 18.0 Å². The van der Waals surface area contributed by atoms with E-state index in [1.54, 1.807) is 0 Å². The van der Waals surface area contributed by atoms with Crippen LogP contribution in [0.3, 0.4) is 0 Å². The normalized spacial score (nSPS) is 22.5. The first-order chi connectivity index (χ1) is 6.97. The minimum Gasteiger partial charge on any atom is -0.351 e. The van der Waals surface area contributed by atoms with Gasteiger partial charge in [0.1, 0.15) is 0 Å². The Labute approximate surface area is 90.2 Å². The van der Waals surface area contributed by atoms with Crippen LogP contribution in [-0.4, -0.2) is 36.3 Å². The van der Waals surface area contributed by atoms with Gasteiger partial charge in [0.2, 0.25) is 5.91 Å². The van der Waals surface area contributed by atoms with Crippen LogP contribution in [0.2, 0.25) is 0 Å². The first-order valence-corrected chi connectivity index (χ1v) is 5.67. The number of halogens is 3. The van der Waals surface area contributed by atoms with Crippen molar-refractivity contribution in [2.45, 2.75) is 24.4 Å². The summed E-state index contributed by atoms with van der Waals surface area (Å²) in [6.45, 7) is 1.55. The molecule has 0 saturated carbocycles. The fourth-order valence-electron chi connectivity index (χ4n) is 1.39. The molecule has 0 radical (unpaired) electrons. The molecule has 1 saturated heterocycles. The van der Waals surface area contributed by atoms with E-state index in [4.69, 9.17) is 0 Å². The lowest BCUT2D eigenvalue weighted by molar-refractivity contribution is -0.119. The molecular weight excluding hydrogens is 229 g/mol. The van der Waals surface area contributed by atoms with Gasteiger partial charge in [-0.05, 0) is 31.1 Å². The van der Waals surface area contributed by atoms with E-state index < -0.39 is 17.2 Å². The Morgan fingerprint density at radius 1 is 1.53 bits per heavy atom. The number of amides is 1. The second-order valence-electron chi connectivity index (χ2n) is 3.35. The third-order valence-electron chi connectivity index (χ3n) is 2.03. The van der Waals surface area contributed by atoms with Gasteiger partial charge < -0.3 is 10.6 Å². The number of hydrogen-bond donors (Lipinski definition) is 2. The van der Waals surface area contributed by atoms with Gasteiger partial charge in [0.05, 0.1) is 5.75 Å². The highest BCUT2D eigenvalue weighted by Crippen LogP contribution is 2.29. The third kappa shape index (κ3) is 5.88. The zero-order chi connectivity index (χ0) is 11.3. The molecule has 1 aliphatic rings. The Morgan fingerprint density at radius 2 is 2.27 bits per heavy atom. The molecule has 15 heavy (non-hydrogen) atoms. The van der Waals surface area contributed by atoms with E-state index in [-0.39, 0.29) is 17.8 Å². The number of thioether (sulfide) groups is 1. The molecule has 0 bridgehead atoms. The van der Waals surface area contributed by atoms with Crippen LogP contribution in [-0.2, 0) is 4.79 Å². The summed E-state index contributed by atoms with van der Waals surface area (Å²) >= 11 is -0.302. The first-order valence-electron chi connectivity index (χ1n) is 4.68. The molecule has 0 aromatic rings. The molecule has 1 aliphatic heterocycles. The number of alkyl halides is 3. The summed E-state index contributed by atoms with van der Waals surface area (Å²) in [5.74, 6) is -1.11. The number of hydrogen-bond acceptors (Lipinski definition) is 3. The second-order valence-corrected chi connectivity index (χ2v) is 4.39. The minimum atomic E-state index is -4.33. The molecule has 0 aromatic heterocycles. The Hall–Kier alpha value is -0.430. The van der Waals surface area contributed by atoms with E-state index in [1.807, 2.05) is 0 Å². The molecule has 1 rings (SSSR count). The molecule has 7 heteroatoms. The molecule has 0 aromatic carbocycles. The summed E-state index contributed by atoms with van der Waals surface area (Å²) in [5.41, 5.74) is -4.33. The first kappa shape index (κ1) is 12.6. The Kier molecular flexibility index (Phi) is 4.72. The predicted octanol–water partition coefficient (Wildman–Crippen LogP) is 1.11. The van der Waals surface area contributed by atoms with E-state index in [9.17, 15) is 18.0 Å². The molecule has 0 spiro atoms. The SMILES string of the molecule is O=C(CSC(F)(F)F)N[C@@H]1CCCNC1. The highest BCUT2D eigenvalue weighted by atomic mass is 32.2. The molecule has 2 N–H and O–H groups in total. The summed E-state index contributed by atoms with van der Waals surface area (Å²) < 4.78 is 35.3. The van der Waals surface area contributed by atoms with Gasteiger partial charge in [-0.15, -0.1) is 0 Å². The Balaban J connectivity index is 2.17. The summed E-state index contributed by atoms with van der Waals surface area (Å²) in [5, 5.41) is 5.64. The minimum absolute atomic E-state index is 0.0277. The van der Waals surface area contributed by atoms with Crippen LogP contribution in [0.25, 0.3) is 0 Å². The summed E-state index contributed by atoms with van der Waals surface area (Å²) in [6, 6.07) is -0.0277. The maximum Gasteiger partial charge on any atom is 0.442 e. The van der Waals surface area contributed by atoms with Crippen molar-refractivity contribution in [3.63, 3.8) is 0 Å². The van der Waals surface area contributed by atoms with Gasteiger partial charge in [-0.1, -0.05) is 0 Å². The lowest BCUT2D eigenvalue weighted by Gasteiger charge is -2.23. The zero-order valence-electron chi connectivity index (χ0n) is 8.06. The monoisotopic (exact) mass is 242 g/mol. The van der Waals surface area contributed by atoms with Crippen molar-refractivity contribution in [3.8, 4) is 0 Å². The van der Waals surface area contributed by atoms with Gasteiger partial charge in [-0.25, -0.2) is 0 Å². The van der Waals surface area contributed by atoms with Crippen LogP contribution < -0.4 is 10.6 Å². The lowest BCUT2D eigenvalue weighted by atomic mass is 10.1. The maximum atomic E-state index is 11.8. The van der Waals surface area contributed by atoms with Crippen molar-refractivity contribution in [2.75, 3.05) is 18.8 Å². The van der Waals surface area contributed by atoms with Crippen LogP contribution in [0.1, 0.15) is 12.8 Å². The summed E-state index contributed by atoms with van der Waals surface area (Å²) in [7, 11) is 0. The predicted molar refractivity (Wildman–Crippen MR) is 52.5 cm³/mol. The van der Waals surface area contributed by atoms with Crippen molar-refractivity contribution in [1.82, 2.24) is 10.6 Å². The molecule has 1 heterocycles. The molecule has 0 unspecified atom stereocenters. The summed E-state index contributed by atoms with van der Waals surface area (Å²) in [6.07, 6.45) is 1.77. The standard InChI is InChI=1S/C8H13F3N2OS/c9-8(10,11)15-5-7(14)13-6-2-1-3-12-4-6/h6,12H,1-5H2,(H,13,14)/t6-/m1/s1. The van der Waals surface area contributed by atoms with Crippen LogP contribution in [0.5, 0.6) is 0 Å². The van der Waals surface area contributed by atoms with Crippen molar-refractivity contribution in [3.05, 3.63) is 0 Å². The van der Waals surface area contributed by atoms with E-state index in [0.717, 1.165) is 19.4 Å². The van der Waals surface area contributed by atoms with Gasteiger partial charge in [0, 0.05) is 12.6 Å². The third-order valence-corrected chi connectivity index (χ3v) is 2.76. The van der Waals surface area contributed by atoms with Crippen LogP contribution in [0, 0.1) is 0 Å². The van der Waals surface area contributed by atoms with E-state index in [1.165, 1.54) is 0 Å². The number of carbonyl (C=O) groups is 1. The fraction of sp³-hybridized carbons (Fsp3) is 0.875.